The highest BCUT2D eigenvalue weighted by Gasteiger charge is 2.30. The third-order valence-corrected chi connectivity index (χ3v) is 2.52. The number of aryl methyl sites for hydroxylation is 1. The van der Waals surface area contributed by atoms with Crippen molar-refractivity contribution in [1.29, 1.82) is 5.26 Å². The lowest BCUT2D eigenvalue weighted by atomic mass is 10.1. The summed E-state index contributed by atoms with van der Waals surface area (Å²) in [6.45, 7) is 0. The molecule has 0 N–H and O–H groups in total. The second-order valence-electron chi connectivity index (χ2n) is 4.05. The minimum atomic E-state index is -4.44. The number of nitriles is 1. The van der Waals surface area contributed by atoms with Gasteiger partial charge in [-0.15, -0.1) is 0 Å². The van der Waals surface area contributed by atoms with E-state index in [1.54, 1.807) is 24.1 Å². The molecule has 0 unspecified atom stereocenters. The fraction of sp³-hybridized carbons (Fsp3) is 0.154. The van der Waals surface area contributed by atoms with Crippen molar-refractivity contribution in [3.8, 4) is 6.07 Å². The van der Waals surface area contributed by atoms with E-state index in [-0.39, 0.29) is 11.3 Å². The molecule has 0 atom stereocenters. The largest absolute Gasteiger partial charge is 0.417 e. The summed E-state index contributed by atoms with van der Waals surface area (Å²) in [4.78, 5) is 3.68. The van der Waals surface area contributed by atoms with E-state index >= 15 is 0 Å². The van der Waals surface area contributed by atoms with Crippen molar-refractivity contribution in [2.75, 3.05) is 0 Å². The second-order valence-corrected chi connectivity index (χ2v) is 4.05. The van der Waals surface area contributed by atoms with Crippen LogP contribution in [0.25, 0.3) is 11.6 Å². The summed E-state index contributed by atoms with van der Waals surface area (Å²) in [5.74, 6) is 0. The van der Waals surface area contributed by atoms with Gasteiger partial charge in [-0.3, -0.25) is 9.67 Å². The van der Waals surface area contributed by atoms with Crippen molar-refractivity contribution in [2.45, 2.75) is 6.18 Å². The van der Waals surface area contributed by atoms with Gasteiger partial charge >= 0.3 is 6.18 Å². The fourth-order valence-electron chi connectivity index (χ4n) is 1.57. The molecule has 0 aliphatic carbocycles. The summed E-state index contributed by atoms with van der Waals surface area (Å²) in [5.41, 5.74) is 0.182. The standard InChI is InChI=1S/C13H9F3N4/c1-20-8-9(6-19-20)4-10(5-17)12-3-2-11(7-18-12)13(14,15)16/h2-4,6-8H,1H3. The van der Waals surface area contributed by atoms with E-state index < -0.39 is 11.7 Å². The molecule has 0 spiro atoms. The van der Waals surface area contributed by atoms with Gasteiger partial charge in [-0.25, -0.2) is 0 Å². The molecular weight excluding hydrogens is 269 g/mol. The molecular formula is C13H9F3N4. The van der Waals surface area contributed by atoms with Crippen LogP contribution in [0.4, 0.5) is 13.2 Å². The van der Waals surface area contributed by atoms with Gasteiger partial charge in [0.15, 0.2) is 0 Å². The van der Waals surface area contributed by atoms with Crippen molar-refractivity contribution in [3.05, 3.63) is 47.5 Å². The first-order valence-corrected chi connectivity index (χ1v) is 5.54. The molecule has 20 heavy (non-hydrogen) atoms. The first-order valence-electron chi connectivity index (χ1n) is 5.54. The van der Waals surface area contributed by atoms with Crippen LogP contribution in [0, 0.1) is 11.3 Å². The van der Waals surface area contributed by atoms with Crippen molar-refractivity contribution in [1.82, 2.24) is 14.8 Å². The Morgan fingerprint density at radius 3 is 2.55 bits per heavy atom. The van der Waals surface area contributed by atoms with E-state index in [0.717, 1.165) is 6.07 Å². The molecule has 102 valence electrons. The maximum Gasteiger partial charge on any atom is 0.417 e. The molecule has 4 nitrogen and oxygen atoms in total. The van der Waals surface area contributed by atoms with Crippen molar-refractivity contribution >= 4 is 11.6 Å². The highest BCUT2D eigenvalue weighted by Crippen LogP contribution is 2.29. The van der Waals surface area contributed by atoms with Crippen LogP contribution in [0.15, 0.2) is 30.7 Å². The zero-order valence-electron chi connectivity index (χ0n) is 10.4. The summed E-state index contributed by atoms with van der Waals surface area (Å²) >= 11 is 0. The monoisotopic (exact) mass is 278 g/mol. The molecule has 0 aliphatic heterocycles. The predicted molar refractivity (Wildman–Crippen MR) is 65.9 cm³/mol. The van der Waals surface area contributed by atoms with Crippen LogP contribution in [0.2, 0.25) is 0 Å². The van der Waals surface area contributed by atoms with E-state index in [0.29, 0.717) is 11.8 Å². The normalized spacial score (nSPS) is 12.2. The zero-order chi connectivity index (χ0) is 14.8. The maximum atomic E-state index is 12.4. The van der Waals surface area contributed by atoms with Gasteiger partial charge in [0, 0.05) is 25.0 Å². The van der Waals surface area contributed by atoms with Gasteiger partial charge in [-0.1, -0.05) is 0 Å². The van der Waals surface area contributed by atoms with Crippen LogP contribution in [0.3, 0.4) is 0 Å². The van der Waals surface area contributed by atoms with E-state index in [9.17, 15) is 13.2 Å². The van der Waals surface area contributed by atoms with Crippen LogP contribution in [0.5, 0.6) is 0 Å². The molecule has 2 rings (SSSR count). The third-order valence-electron chi connectivity index (χ3n) is 2.52. The maximum absolute atomic E-state index is 12.4. The SMILES string of the molecule is Cn1cc(C=C(C#N)c2ccc(C(F)(F)F)cn2)cn1. The summed E-state index contributed by atoms with van der Waals surface area (Å²) < 4.78 is 38.8. The Kier molecular flexibility index (Phi) is 3.57. The number of allylic oxidation sites excluding steroid dienone is 1. The first-order chi connectivity index (χ1) is 9.40. The lowest BCUT2D eigenvalue weighted by Crippen LogP contribution is -2.05. The lowest BCUT2D eigenvalue weighted by Gasteiger charge is -2.06. The molecule has 0 fully saturated rings. The van der Waals surface area contributed by atoms with Gasteiger partial charge in [-0.05, 0) is 18.2 Å². The number of alkyl halides is 3. The Hall–Kier alpha value is -2.62. The Morgan fingerprint density at radius 2 is 2.10 bits per heavy atom. The zero-order valence-corrected chi connectivity index (χ0v) is 10.4. The topological polar surface area (TPSA) is 54.5 Å². The van der Waals surface area contributed by atoms with E-state index in [4.69, 9.17) is 5.26 Å². The van der Waals surface area contributed by atoms with Crippen molar-refractivity contribution in [2.24, 2.45) is 7.05 Å². The number of halogens is 3. The molecule has 7 heteroatoms. The molecule has 0 saturated carbocycles. The molecule has 2 aromatic rings. The van der Waals surface area contributed by atoms with Crippen molar-refractivity contribution < 1.29 is 13.2 Å². The van der Waals surface area contributed by atoms with Gasteiger partial charge in [0.1, 0.15) is 6.07 Å². The Balaban J connectivity index is 2.34. The minimum absolute atomic E-state index is 0.173. The summed E-state index contributed by atoms with van der Waals surface area (Å²) in [6, 6.07) is 3.99. The van der Waals surface area contributed by atoms with Crippen LogP contribution in [-0.2, 0) is 13.2 Å². The molecule has 0 bridgehead atoms. The van der Waals surface area contributed by atoms with Gasteiger partial charge in [-0.2, -0.15) is 23.5 Å². The van der Waals surface area contributed by atoms with Crippen LogP contribution in [-0.4, -0.2) is 14.8 Å². The van der Waals surface area contributed by atoms with Crippen LogP contribution < -0.4 is 0 Å². The Bertz CT molecular complexity index is 675. The molecule has 0 aliphatic rings. The highest BCUT2D eigenvalue weighted by atomic mass is 19.4. The number of pyridine rings is 1. The summed E-state index contributed by atoms with van der Waals surface area (Å²) in [6.07, 6.45) is 1.01. The van der Waals surface area contributed by atoms with Crippen molar-refractivity contribution in [3.63, 3.8) is 0 Å². The Labute approximate surface area is 112 Å². The second kappa shape index (κ2) is 5.17. The van der Waals surface area contributed by atoms with Gasteiger partial charge in [0.05, 0.1) is 23.0 Å². The summed E-state index contributed by atoms with van der Waals surface area (Å²) in [5, 5.41) is 13.0. The molecule has 0 aromatic carbocycles. The molecule has 0 radical (unpaired) electrons. The number of hydrogen-bond acceptors (Lipinski definition) is 3. The Morgan fingerprint density at radius 1 is 1.35 bits per heavy atom. The van der Waals surface area contributed by atoms with Crippen LogP contribution >= 0.6 is 0 Å². The third kappa shape index (κ3) is 3.03. The van der Waals surface area contributed by atoms with Gasteiger partial charge in [0.2, 0.25) is 0 Å². The number of rotatable bonds is 2. The molecule has 2 aromatic heterocycles. The quantitative estimate of drug-likeness (QED) is 0.794. The van der Waals surface area contributed by atoms with E-state index in [1.807, 2.05) is 6.07 Å². The fourth-order valence-corrected chi connectivity index (χ4v) is 1.57. The van der Waals surface area contributed by atoms with E-state index in [1.165, 1.54) is 12.1 Å². The van der Waals surface area contributed by atoms with Crippen LogP contribution in [0.1, 0.15) is 16.8 Å². The first kappa shape index (κ1) is 13.8. The van der Waals surface area contributed by atoms with Gasteiger partial charge < -0.3 is 0 Å². The van der Waals surface area contributed by atoms with E-state index in [2.05, 4.69) is 10.1 Å². The predicted octanol–water partition coefficient (Wildman–Crippen LogP) is 2.90. The molecule has 0 amide bonds. The highest BCUT2D eigenvalue weighted by molar-refractivity contribution is 5.87. The average molecular weight is 278 g/mol. The average Bonchev–Trinajstić information content (AvgIpc) is 2.81. The van der Waals surface area contributed by atoms with Gasteiger partial charge in [0.25, 0.3) is 0 Å². The number of nitrogens with zero attached hydrogens (tertiary/aromatic N) is 4. The molecule has 0 saturated heterocycles. The lowest BCUT2D eigenvalue weighted by molar-refractivity contribution is -0.137. The number of aromatic nitrogens is 3. The molecule has 2 heterocycles. The smallest absolute Gasteiger partial charge is 0.275 e. The minimum Gasteiger partial charge on any atom is -0.275 e. The summed E-state index contributed by atoms with van der Waals surface area (Å²) in [7, 11) is 1.72. The number of hydrogen-bond donors (Lipinski definition) is 0.